The highest BCUT2D eigenvalue weighted by Crippen LogP contribution is 2.20. The van der Waals surface area contributed by atoms with Crippen molar-refractivity contribution in [3.8, 4) is 0 Å². The molecule has 0 aromatic heterocycles. The second kappa shape index (κ2) is 7.36. The zero-order valence-electron chi connectivity index (χ0n) is 11.2. The van der Waals surface area contributed by atoms with Crippen molar-refractivity contribution in [3.05, 3.63) is 35.6 Å². The maximum Gasteiger partial charge on any atom is 0.218 e. The first-order valence-electron chi connectivity index (χ1n) is 6.43. The van der Waals surface area contributed by atoms with E-state index in [2.05, 4.69) is 0 Å². The van der Waals surface area contributed by atoms with Crippen LogP contribution in [0.4, 0.5) is 4.39 Å². The Morgan fingerprint density at radius 2 is 1.75 bits per heavy atom. The zero-order valence-corrected chi connectivity index (χ0v) is 12.8. The van der Waals surface area contributed by atoms with Gasteiger partial charge < -0.3 is 5.73 Å². The third-order valence-corrected chi connectivity index (χ3v) is 5.41. The van der Waals surface area contributed by atoms with Crippen molar-refractivity contribution in [3.63, 3.8) is 0 Å². The average Bonchev–Trinajstić information content (AvgIpc) is 2.41. The van der Waals surface area contributed by atoms with Gasteiger partial charge in [-0.25, -0.2) is 17.1 Å². The van der Waals surface area contributed by atoms with Crippen LogP contribution in [0.5, 0.6) is 0 Å². The summed E-state index contributed by atoms with van der Waals surface area (Å²) in [5, 5.41) is 0. The Morgan fingerprint density at radius 3 is 2.25 bits per heavy atom. The molecule has 0 spiro atoms. The lowest BCUT2D eigenvalue weighted by atomic mass is 9.99. The van der Waals surface area contributed by atoms with E-state index < -0.39 is 10.0 Å². The van der Waals surface area contributed by atoms with E-state index in [1.807, 2.05) is 0 Å². The van der Waals surface area contributed by atoms with E-state index in [1.54, 1.807) is 0 Å². The first-order valence-corrected chi connectivity index (χ1v) is 8.04. The Bertz CT molecular complexity index is 514. The van der Waals surface area contributed by atoms with Crippen molar-refractivity contribution in [1.82, 2.24) is 4.31 Å². The average molecular weight is 323 g/mol. The van der Waals surface area contributed by atoms with Crippen LogP contribution in [0.25, 0.3) is 0 Å². The highest BCUT2D eigenvalue weighted by Gasteiger charge is 2.27. The minimum atomic E-state index is -3.31. The lowest BCUT2D eigenvalue weighted by Crippen LogP contribution is -2.40. The molecule has 2 rings (SSSR count). The van der Waals surface area contributed by atoms with E-state index in [4.69, 9.17) is 5.73 Å². The maximum atomic E-state index is 12.8. The van der Waals surface area contributed by atoms with Crippen molar-refractivity contribution in [2.45, 2.75) is 18.6 Å². The molecule has 7 heteroatoms. The zero-order chi connectivity index (χ0) is 13.9. The molecular weight excluding hydrogens is 303 g/mol. The number of nitrogens with two attached hydrogens (primary N) is 1. The van der Waals surface area contributed by atoms with E-state index in [1.165, 1.54) is 28.6 Å². The summed E-state index contributed by atoms with van der Waals surface area (Å²) in [5.41, 5.74) is 6.21. The van der Waals surface area contributed by atoms with Gasteiger partial charge >= 0.3 is 0 Å². The molecule has 1 aromatic carbocycles. The van der Waals surface area contributed by atoms with Gasteiger partial charge in [-0.05, 0) is 43.0 Å². The number of rotatable bonds is 4. The van der Waals surface area contributed by atoms with Gasteiger partial charge in [0, 0.05) is 13.1 Å². The topological polar surface area (TPSA) is 63.4 Å². The normalized spacial score (nSPS) is 17.7. The summed E-state index contributed by atoms with van der Waals surface area (Å²) in [6.07, 6.45) is 1.64. The predicted octanol–water partition coefficient (Wildman–Crippen LogP) is 1.75. The SMILES string of the molecule is Cl.NCC1CCN(S(=O)(=O)Cc2ccc(F)cc2)CC1. The van der Waals surface area contributed by atoms with Crippen LogP contribution in [0.1, 0.15) is 18.4 Å². The Morgan fingerprint density at radius 1 is 1.20 bits per heavy atom. The molecule has 0 aliphatic carbocycles. The summed E-state index contributed by atoms with van der Waals surface area (Å²) in [5.74, 6) is 0.00258. The fourth-order valence-corrected chi connectivity index (χ4v) is 3.87. The second-order valence-corrected chi connectivity index (χ2v) is 6.93. The molecule has 0 atom stereocenters. The van der Waals surface area contributed by atoms with Crippen LogP contribution in [0.3, 0.4) is 0 Å². The first-order chi connectivity index (χ1) is 9.01. The fourth-order valence-electron chi connectivity index (χ4n) is 2.31. The molecule has 0 amide bonds. The van der Waals surface area contributed by atoms with Gasteiger partial charge in [-0.3, -0.25) is 0 Å². The van der Waals surface area contributed by atoms with Gasteiger partial charge in [0.2, 0.25) is 10.0 Å². The van der Waals surface area contributed by atoms with E-state index in [9.17, 15) is 12.8 Å². The maximum absolute atomic E-state index is 12.8. The number of hydrogen-bond acceptors (Lipinski definition) is 3. The molecule has 4 nitrogen and oxygen atoms in total. The molecule has 0 unspecified atom stereocenters. The van der Waals surface area contributed by atoms with Crippen LogP contribution in [-0.2, 0) is 15.8 Å². The van der Waals surface area contributed by atoms with E-state index in [-0.39, 0.29) is 24.0 Å². The number of piperidine rings is 1. The molecule has 1 aliphatic rings. The van der Waals surface area contributed by atoms with Crippen molar-refractivity contribution < 1.29 is 12.8 Å². The monoisotopic (exact) mass is 322 g/mol. The summed E-state index contributed by atoms with van der Waals surface area (Å²) in [6, 6.07) is 5.59. The number of nitrogens with zero attached hydrogens (tertiary/aromatic N) is 1. The lowest BCUT2D eigenvalue weighted by Gasteiger charge is -2.30. The van der Waals surface area contributed by atoms with Crippen LogP contribution >= 0.6 is 12.4 Å². The predicted molar refractivity (Wildman–Crippen MR) is 79.6 cm³/mol. The van der Waals surface area contributed by atoms with Gasteiger partial charge in [-0.15, -0.1) is 12.4 Å². The van der Waals surface area contributed by atoms with Gasteiger partial charge in [0.1, 0.15) is 5.82 Å². The molecule has 20 heavy (non-hydrogen) atoms. The number of hydrogen-bond donors (Lipinski definition) is 1. The molecule has 1 saturated heterocycles. The Labute approximate surface area is 125 Å². The van der Waals surface area contributed by atoms with Gasteiger partial charge in [-0.1, -0.05) is 12.1 Å². The second-order valence-electron chi connectivity index (χ2n) is 4.96. The molecule has 1 heterocycles. The van der Waals surface area contributed by atoms with Crippen LogP contribution in [-0.4, -0.2) is 32.4 Å². The van der Waals surface area contributed by atoms with E-state index in [0.717, 1.165) is 12.8 Å². The van der Waals surface area contributed by atoms with Gasteiger partial charge in [0.25, 0.3) is 0 Å². The number of benzene rings is 1. The molecule has 1 aliphatic heterocycles. The largest absolute Gasteiger partial charge is 0.330 e. The van der Waals surface area contributed by atoms with Gasteiger partial charge in [0.05, 0.1) is 5.75 Å². The molecular formula is C13H20ClFN2O2S. The van der Waals surface area contributed by atoms with Crippen molar-refractivity contribution in [2.24, 2.45) is 11.7 Å². The molecule has 0 radical (unpaired) electrons. The molecule has 1 aromatic rings. The minimum absolute atomic E-state index is 0. The molecule has 114 valence electrons. The molecule has 0 bridgehead atoms. The first kappa shape index (κ1) is 17.4. The number of halogens is 2. The Kier molecular flexibility index (Phi) is 6.39. The highest BCUT2D eigenvalue weighted by molar-refractivity contribution is 7.88. The molecule has 2 N–H and O–H groups in total. The third-order valence-electron chi connectivity index (χ3n) is 3.56. The smallest absolute Gasteiger partial charge is 0.218 e. The third kappa shape index (κ3) is 4.41. The van der Waals surface area contributed by atoms with Crippen LogP contribution < -0.4 is 5.73 Å². The minimum Gasteiger partial charge on any atom is -0.330 e. The van der Waals surface area contributed by atoms with Crippen molar-refractivity contribution >= 4 is 22.4 Å². The summed E-state index contributed by atoms with van der Waals surface area (Å²) in [4.78, 5) is 0. The van der Waals surface area contributed by atoms with Crippen LogP contribution in [0.2, 0.25) is 0 Å². The quantitative estimate of drug-likeness (QED) is 0.918. The van der Waals surface area contributed by atoms with Gasteiger partial charge in [-0.2, -0.15) is 0 Å². The van der Waals surface area contributed by atoms with Gasteiger partial charge in [0.15, 0.2) is 0 Å². The summed E-state index contributed by atoms with van der Waals surface area (Å²) < 4.78 is 38.8. The Balaban J connectivity index is 0.00000200. The molecule has 1 fully saturated rings. The standard InChI is InChI=1S/C13H19FN2O2S.ClH/c14-13-3-1-12(2-4-13)10-19(17,18)16-7-5-11(9-15)6-8-16;/h1-4,11H,5-10,15H2;1H. The Hall–Kier alpha value is -0.690. The lowest BCUT2D eigenvalue weighted by molar-refractivity contribution is 0.278. The van der Waals surface area contributed by atoms with Crippen LogP contribution in [0, 0.1) is 11.7 Å². The summed E-state index contributed by atoms with van der Waals surface area (Å²) in [7, 11) is -3.31. The van der Waals surface area contributed by atoms with Crippen molar-refractivity contribution in [1.29, 1.82) is 0 Å². The van der Waals surface area contributed by atoms with Crippen LogP contribution in [0.15, 0.2) is 24.3 Å². The number of sulfonamides is 1. The van der Waals surface area contributed by atoms with E-state index >= 15 is 0 Å². The fraction of sp³-hybridized carbons (Fsp3) is 0.538. The highest BCUT2D eigenvalue weighted by atomic mass is 35.5. The van der Waals surface area contributed by atoms with E-state index in [0.29, 0.717) is 31.1 Å². The summed E-state index contributed by atoms with van der Waals surface area (Å²) >= 11 is 0. The summed E-state index contributed by atoms with van der Waals surface area (Å²) in [6.45, 7) is 1.68. The van der Waals surface area contributed by atoms with Crippen molar-refractivity contribution in [2.75, 3.05) is 19.6 Å². The molecule has 0 saturated carbocycles.